The summed E-state index contributed by atoms with van der Waals surface area (Å²) in [6.45, 7) is 7.15. The maximum atomic E-state index is 5.72. The van der Waals surface area contributed by atoms with Crippen LogP contribution in [0.4, 0.5) is 0 Å². The van der Waals surface area contributed by atoms with E-state index < -0.39 is 0 Å². The van der Waals surface area contributed by atoms with Crippen molar-refractivity contribution < 1.29 is 0 Å². The second-order valence-corrected chi connectivity index (χ2v) is 7.09. The summed E-state index contributed by atoms with van der Waals surface area (Å²) < 4.78 is 1.20. The van der Waals surface area contributed by atoms with E-state index in [1.165, 1.54) is 9.35 Å². The number of halogens is 2. The number of thiophene rings is 1. The average molecular weight is 328 g/mol. The monoisotopic (exact) mass is 326 g/mol. The molecular formula is C11H20BrClN2S. The van der Waals surface area contributed by atoms with Crippen LogP contribution < -0.4 is 5.73 Å². The van der Waals surface area contributed by atoms with Crippen LogP contribution in [0.2, 0.25) is 0 Å². The minimum absolute atomic E-state index is 0. The first kappa shape index (κ1) is 16.4. The molecule has 0 atom stereocenters. The molecule has 0 aromatic carbocycles. The van der Waals surface area contributed by atoms with E-state index >= 15 is 0 Å². The van der Waals surface area contributed by atoms with Gasteiger partial charge in [0.2, 0.25) is 0 Å². The van der Waals surface area contributed by atoms with E-state index in [2.05, 4.69) is 53.2 Å². The van der Waals surface area contributed by atoms with Crippen molar-refractivity contribution in [3.63, 3.8) is 0 Å². The van der Waals surface area contributed by atoms with Crippen LogP contribution >= 0.6 is 39.7 Å². The summed E-state index contributed by atoms with van der Waals surface area (Å²) in [7, 11) is 2.14. The van der Waals surface area contributed by atoms with Crippen LogP contribution in [0, 0.1) is 5.41 Å². The smallest absolute Gasteiger partial charge is 0.0701 e. The Morgan fingerprint density at radius 2 is 2.12 bits per heavy atom. The first-order valence-electron chi connectivity index (χ1n) is 5.04. The van der Waals surface area contributed by atoms with Gasteiger partial charge in [-0.1, -0.05) is 13.8 Å². The normalized spacial score (nSPS) is 11.6. The van der Waals surface area contributed by atoms with E-state index in [-0.39, 0.29) is 17.8 Å². The lowest BCUT2D eigenvalue weighted by atomic mass is 9.93. The molecule has 0 fully saturated rings. The molecule has 0 spiro atoms. The number of rotatable bonds is 5. The third kappa shape index (κ3) is 5.64. The van der Waals surface area contributed by atoms with Crippen LogP contribution in [-0.2, 0) is 6.54 Å². The lowest BCUT2D eigenvalue weighted by molar-refractivity contribution is 0.210. The molecule has 0 saturated carbocycles. The molecule has 16 heavy (non-hydrogen) atoms. The SMILES string of the molecule is CN(Cc1csc(Br)c1)CC(C)(C)CN.Cl. The fraction of sp³-hybridized carbons (Fsp3) is 0.636. The molecule has 0 aliphatic carbocycles. The molecule has 0 amide bonds. The lowest BCUT2D eigenvalue weighted by Crippen LogP contribution is -2.36. The lowest BCUT2D eigenvalue weighted by Gasteiger charge is -2.28. The van der Waals surface area contributed by atoms with Gasteiger partial charge in [0.25, 0.3) is 0 Å². The van der Waals surface area contributed by atoms with Gasteiger partial charge >= 0.3 is 0 Å². The summed E-state index contributed by atoms with van der Waals surface area (Å²) in [5.74, 6) is 0. The van der Waals surface area contributed by atoms with E-state index in [0.29, 0.717) is 0 Å². The highest BCUT2D eigenvalue weighted by atomic mass is 79.9. The fourth-order valence-electron chi connectivity index (χ4n) is 1.59. The molecule has 2 nitrogen and oxygen atoms in total. The van der Waals surface area contributed by atoms with Crippen molar-refractivity contribution in [3.8, 4) is 0 Å². The summed E-state index contributed by atoms with van der Waals surface area (Å²) in [6.07, 6.45) is 0. The summed E-state index contributed by atoms with van der Waals surface area (Å²) >= 11 is 5.21. The minimum atomic E-state index is 0. The van der Waals surface area contributed by atoms with Gasteiger partial charge in [0, 0.05) is 13.1 Å². The van der Waals surface area contributed by atoms with Crippen molar-refractivity contribution in [2.75, 3.05) is 20.1 Å². The average Bonchev–Trinajstić information content (AvgIpc) is 2.50. The van der Waals surface area contributed by atoms with Gasteiger partial charge < -0.3 is 10.6 Å². The molecular weight excluding hydrogens is 308 g/mol. The first-order chi connectivity index (χ1) is 6.93. The number of nitrogens with zero attached hydrogens (tertiary/aromatic N) is 1. The molecule has 0 saturated heterocycles. The third-order valence-corrected chi connectivity index (χ3v) is 3.88. The van der Waals surface area contributed by atoms with Crippen LogP contribution in [0.1, 0.15) is 19.4 Å². The molecule has 1 rings (SSSR count). The second kappa shape index (κ2) is 6.97. The van der Waals surface area contributed by atoms with Crippen molar-refractivity contribution in [3.05, 3.63) is 20.8 Å². The van der Waals surface area contributed by atoms with Crippen molar-refractivity contribution >= 4 is 39.7 Å². The van der Waals surface area contributed by atoms with Gasteiger partial charge in [-0.15, -0.1) is 23.7 Å². The Labute approximate surface area is 117 Å². The molecule has 0 unspecified atom stereocenters. The van der Waals surface area contributed by atoms with Gasteiger partial charge in [-0.2, -0.15) is 0 Å². The molecule has 1 aromatic rings. The molecule has 94 valence electrons. The zero-order chi connectivity index (χ0) is 11.5. The number of hydrogen-bond donors (Lipinski definition) is 1. The Morgan fingerprint density at radius 3 is 2.56 bits per heavy atom. The highest BCUT2D eigenvalue weighted by molar-refractivity contribution is 9.11. The molecule has 0 aliphatic heterocycles. The standard InChI is InChI=1S/C11H19BrN2S.ClH/c1-11(2,7-13)8-14(3)5-9-4-10(12)15-6-9;/h4,6H,5,7-8,13H2,1-3H3;1H. The topological polar surface area (TPSA) is 29.3 Å². The Morgan fingerprint density at radius 1 is 1.50 bits per heavy atom. The quantitative estimate of drug-likeness (QED) is 0.898. The minimum Gasteiger partial charge on any atom is -0.330 e. The van der Waals surface area contributed by atoms with Gasteiger partial charge in [0.05, 0.1) is 3.79 Å². The first-order valence-corrected chi connectivity index (χ1v) is 6.72. The summed E-state index contributed by atoms with van der Waals surface area (Å²) in [5.41, 5.74) is 7.28. The van der Waals surface area contributed by atoms with E-state index in [1.54, 1.807) is 11.3 Å². The zero-order valence-electron chi connectivity index (χ0n) is 10.00. The van der Waals surface area contributed by atoms with Gasteiger partial charge in [-0.3, -0.25) is 0 Å². The number of hydrogen-bond acceptors (Lipinski definition) is 3. The maximum absolute atomic E-state index is 5.72. The van der Waals surface area contributed by atoms with Gasteiger partial charge in [0.1, 0.15) is 0 Å². The highest BCUT2D eigenvalue weighted by Gasteiger charge is 2.18. The van der Waals surface area contributed by atoms with Crippen LogP contribution in [0.3, 0.4) is 0 Å². The molecule has 1 aromatic heterocycles. The van der Waals surface area contributed by atoms with Crippen LogP contribution in [0.25, 0.3) is 0 Å². The Hall–Kier alpha value is 0.390. The van der Waals surface area contributed by atoms with Crippen LogP contribution in [0.5, 0.6) is 0 Å². The predicted octanol–water partition coefficient (Wildman–Crippen LogP) is 3.35. The Bertz CT molecular complexity index is 315. The molecule has 2 N–H and O–H groups in total. The zero-order valence-corrected chi connectivity index (χ0v) is 13.2. The van der Waals surface area contributed by atoms with Crippen LogP contribution in [0.15, 0.2) is 15.2 Å². The second-order valence-electron chi connectivity index (χ2n) is 4.80. The molecule has 1 heterocycles. The van der Waals surface area contributed by atoms with Gasteiger partial charge in [0.15, 0.2) is 0 Å². The fourth-order valence-corrected chi connectivity index (χ4v) is 2.79. The summed E-state index contributed by atoms with van der Waals surface area (Å²) in [5, 5.41) is 2.19. The van der Waals surface area contributed by atoms with Crippen LogP contribution in [-0.4, -0.2) is 25.0 Å². The maximum Gasteiger partial charge on any atom is 0.0701 e. The molecule has 0 bridgehead atoms. The largest absolute Gasteiger partial charge is 0.330 e. The van der Waals surface area contributed by atoms with Crippen molar-refractivity contribution in [1.82, 2.24) is 4.90 Å². The van der Waals surface area contributed by atoms with E-state index in [9.17, 15) is 0 Å². The van der Waals surface area contributed by atoms with E-state index in [0.717, 1.165) is 19.6 Å². The van der Waals surface area contributed by atoms with Crippen molar-refractivity contribution in [2.24, 2.45) is 11.1 Å². The van der Waals surface area contributed by atoms with E-state index in [4.69, 9.17) is 5.73 Å². The van der Waals surface area contributed by atoms with E-state index in [1.807, 2.05) is 0 Å². The van der Waals surface area contributed by atoms with Gasteiger partial charge in [-0.25, -0.2) is 0 Å². The molecule has 0 aliphatic rings. The van der Waals surface area contributed by atoms with Crippen molar-refractivity contribution in [2.45, 2.75) is 20.4 Å². The summed E-state index contributed by atoms with van der Waals surface area (Å²) in [6, 6.07) is 2.18. The van der Waals surface area contributed by atoms with Gasteiger partial charge in [-0.05, 0) is 51.9 Å². The molecule has 0 radical (unpaired) electrons. The number of nitrogens with two attached hydrogens (primary N) is 1. The Kier molecular flexibility index (Phi) is 7.14. The van der Waals surface area contributed by atoms with Crippen molar-refractivity contribution in [1.29, 1.82) is 0 Å². The Balaban J connectivity index is 0.00000225. The molecule has 5 heteroatoms. The highest BCUT2D eigenvalue weighted by Crippen LogP contribution is 2.22. The summed E-state index contributed by atoms with van der Waals surface area (Å²) in [4.78, 5) is 2.32. The predicted molar refractivity (Wildman–Crippen MR) is 78.4 cm³/mol. The third-order valence-electron chi connectivity index (χ3n) is 2.32.